The number of aliphatic imine (C=N–C) groups is 1. The molecule has 2 heterocycles. The lowest BCUT2D eigenvalue weighted by atomic mass is 10.0. The summed E-state index contributed by atoms with van der Waals surface area (Å²) in [4.78, 5) is 30.9. The number of amides is 2. The summed E-state index contributed by atoms with van der Waals surface area (Å²) < 4.78 is 26.8. The van der Waals surface area contributed by atoms with Gasteiger partial charge in [0.25, 0.3) is 10.0 Å². The van der Waals surface area contributed by atoms with Crippen LogP contribution in [0, 0.1) is 0 Å². The zero-order chi connectivity index (χ0) is 20.3. The van der Waals surface area contributed by atoms with E-state index in [1.807, 2.05) is 6.92 Å². The lowest BCUT2D eigenvalue weighted by Gasteiger charge is -2.34. The SMILES string of the molecule is CCCC(=O)NC1CCCN(C(=O)[C@H](C)N=C2NS(=O)(=O)c3ccccc32)C1. The first-order valence-corrected chi connectivity index (χ1v) is 11.1. The molecule has 3 rings (SSSR count). The number of piperidine rings is 1. The van der Waals surface area contributed by atoms with Gasteiger partial charge in [-0.25, -0.2) is 8.42 Å². The highest BCUT2D eigenvalue weighted by Gasteiger charge is 2.32. The number of nitrogens with one attached hydrogen (secondary N) is 2. The Morgan fingerprint density at radius 2 is 2.11 bits per heavy atom. The summed E-state index contributed by atoms with van der Waals surface area (Å²) >= 11 is 0. The highest BCUT2D eigenvalue weighted by atomic mass is 32.2. The molecular formula is C19H26N4O4S. The largest absolute Gasteiger partial charge is 0.352 e. The van der Waals surface area contributed by atoms with Crippen molar-refractivity contribution in [1.82, 2.24) is 14.9 Å². The summed E-state index contributed by atoms with van der Waals surface area (Å²) in [6.07, 6.45) is 2.91. The third-order valence-electron chi connectivity index (χ3n) is 4.92. The first-order valence-electron chi connectivity index (χ1n) is 9.60. The highest BCUT2D eigenvalue weighted by Crippen LogP contribution is 2.23. The third-order valence-corrected chi connectivity index (χ3v) is 6.32. The van der Waals surface area contributed by atoms with Gasteiger partial charge in [0.1, 0.15) is 11.9 Å². The molecule has 2 aliphatic heterocycles. The number of hydrogen-bond acceptors (Lipinski definition) is 5. The van der Waals surface area contributed by atoms with Crippen molar-refractivity contribution in [3.63, 3.8) is 0 Å². The molecule has 1 aromatic rings. The molecule has 2 aliphatic rings. The van der Waals surface area contributed by atoms with E-state index in [1.54, 1.807) is 30.0 Å². The monoisotopic (exact) mass is 406 g/mol. The number of nitrogens with zero attached hydrogens (tertiary/aromatic N) is 2. The van der Waals surface area contributed by atoms with Crippen molar-refractivity contribution in [3.8, 4) is 0 Å². The van der Waals surface area contributed by atoms with Gasteiger partial charge in [0.15, 0.2) is 0 Å². The van der Waals surface area contributed by atoms with Gasteiger partial charge in [0.05, 0.1) is 4.90 Å². The van der Waals surface area contributed by atoms with E-state index >= 15 is 0 Å². The van der Waals surface area contributed by atoms with Crippen LogP contribution in [0.25, 0.3) is 0 Å². The number of hydrogen-bond donors (Lipinski definition) is 2. The third kappa shape index (κ3) is 4.35. The molecular weight excluding hydrogens is 380 g/mol. The predicted molar refractivity (Wildman–Crippen MR) is 105 cm³/mol. The molecule has 1 unspecified atom stereocenters. The van der Waals surface area contributed by atoms with Crippen molar-refractivity contribution in [2.24, 2.45) is 4.99 Å². The molecule has 28 heavy (non-hydrogen) atoms. The zero-order valence-corrected chi connectivity index (χ0v) is 17.0. The van der Waals surface area contributed by atoms with Gasteiger partial charge in [-0.2, -0.15) is 0 Å². The predicted octanol–water partition coefficient (Wildman–Crippen LogP) is 1.02. The van der Waals surface area contributed by atoms with Crippen LogP contribution in [-0.2, 0) is 19.6 Å². The fourth-order valence-corrected chi connectivity index (χ4v) is 4.80. The molecule has 8 nitrogen and oxygen atoms in total. The van der Waals surface area contributed by atoms with Gasteiger partial charge in [-0.1, -0.05) is 19.1 Å². The van der Waals surface area contributed by atoms with Gasteiger partial charge in [0, 0.05) is 31.1 Å². The molecule has 1 saturated heterocycles. The Hall–Kier alpha value is -2.42. The first kappa shape index (κ1) is 20.3. The lowest BCUT2D eigenvalue weighted by molar-refractivity contribution is -0.134. The zero-order valence-electron chi connectivity index (χ0n) is 16.1. The molecule has 2 atom stereocenters. The average Bonchev–Trinajstić information content (AvgIpc) is 2.92. The molecule has 0 aliphatic carbocycles. The van der Waals surface area contributed by atoms with E-state index in [0.717, 1.165) is 19.3 Å². The summed E-state index contributed by atoms with van der Waals surface area (Å²) in [5.41, 5.74) is 0.477. The number of carbonyl (C=O) groups is 2. The second-order valence-corrected chi connectivity index (χ2v) is 8.85. The molecule has 0 spiro atoms. The Balaban J connectivity index is 1.69. The molecule has 152 valence electrons. The summed E-state index contributed by atoms with van der Waals surface area (Å²) in [5.74, 6) is 0.0267. The fourth-order valence-electron chi connectivity index (χ4n) is 3.56. The van der Waals surface area contributed by atoms with Crippen LogP contribution in [0.5, 0.6) is 0 Å². The van der Waals surface area contributed by atoms with E-state index in [9.17, 15) is 18.0 Å². The maximum absolute atomic E-state index is 12.8. The van der Waals surface area contributed by atoms with E-state index in [1.165, 1.54) is 6.07 Å². The Morgan fingerprint density at radius 3 is 2.86 bits per heavy atom. The minimum atomic E-state index is -3.63. The second-order valence-electron chi connectivity index (χ2n) is 7.20. The van der Waals surface area contributed by atoms with Gasteiger partial charge in [-0.15, -0.1) is 0 Å². The minimum absolute atomic E-state index is 0.00654. The quantitative estimate of drug-likeness (QED) is 0.761. The van der Waals surface area contributed by atoms with E-state index in [-0.39, 0.29) is 28.6 Å². The van der Waals surface area contributed by atoms with E-state index in [4.69, 9.17) is 0 Å². The molecule has 1 aromatic carbocycles. The fraction of sp³-hybridized carbons (Fsp3) is 0.526. The molecule has 0 saturated carbocycles. The van der Waals surface area contributed by atoms with Crippen molar-refractivity contribution < 1.29 is 18.0 Å². The molecule has 9 heteroatoms. The Labute approximate surface area is 165 Å². The van der Waals surface area contributed by atoms with Crippen LogP contribution in [0.3, 0.4) is 0 Å². The van der Waals surface area contributed by atoms with E-state index in [2.05, 4.69) is 15.0 Å². The molecule has 2 amide bonds. The van der Waals surface area contributed by atoms with Gasteiger partial charge < -0.3 is 10.2 Å². The summed E-state index contributed by atoms with van der Waals surface area (Å²) in [6.45, 7) is 4.67. The average molecular weight is 407 g/mol. The van der Waals surface area contributed by atoms with E-state index in [0.29, 0.717) is 25.1 Å². The number of likely N-dealkylation sites (tertiary alicyclic amines) is 1. The second kappa shape index (κ2) is 8.30. The molecule has 0 radical (unpaired) electrons. The Morgan fingerprint density at radius 1 is 1.36 bits per heavy atom. The summed E-state index contributed by atoms with van der Waals surface area (Å²) in [6, 6.07) is 5.79. The maximum atomic E-state index is 12.8. The number of amidine groups is 1. The van der Waals surface area contributed by atoms with Crippen LogP contribution >= 0.6 is 0 Å². The Bertz CT molecular complexity index is 897. The van der Waals surface area contributed by atoms with Crippen LogP contribution in [0.2, 0.25) is 0 Å². The van der Waals surface area contributed by atoms with Crippen LogP contribution < -0.4 is 10.0 Å². The van der Waals surface area contributed by atoms with Gasteiger partial charge in [-0.3, -0.25) is 19.3 Å². The smallest absolute Gasteiger partial charge is 0.263 e. The molecule has 2 N–H and O–H groups in total. The van der Waals surface area contributed by atoms with Gasteiger partial charge >= 0.3 is 0 Å². The van der Waals surface area contributed by atoms with Crippen LogP contribution in [0.4, 0.5) is 0 Å². The van der Waals surface area contributed by atoms with Crippen LogP contribution in [0.15, 0.2) is 34.2 Å². The number of sulfonamides is 1. The van der Waals surface area contributed by atoms with Crippen molar-refractivity contribution >= 4 is 27.7 Å². The van der Waals surface area contributed by atoms with Crippen molar-refractivity contribution in [2.75, 3.05) is 13.1 Å². The highest BCUT2D eigenvalue weighted by molar-refractivity contribution is 7.90. The molecule has 1 fully saturated rings. The normalized spacial score (nSPS) is 23.0. The van der Waals surface area contributed by atoms with E-state index < -0.39 is 16.1 Å². The standard InChI is InChI=1S/C19H26N4O4S/c1-3-7-17(24)21-14-8-6-11-23(12-14)19(25)13(2)20-18-15-9-4-5-10-16(15)28(26,27)22-18/h4-5,9-10,13-14H,3,6-8,11-12H2,1-2H3,(H,20,22)(H,21,24)/t13-,14?/m0/s1. The van der Waals surface area contributed by atoms with Crippen molar-refractivity contribution in [1.29, 1.82) is 0 Å². The van der Waals surface area contributed by atoms with Gasteiger partial charge in [0.2, 0.25) is 11.8 Å². The summed E-state index contributed by atoms with van der Waals surface area (Å²) in [7, 11) is -3.63. The maximum Gasteiger partial charge on any atom is 0.263 e. The summed E-state index contributed by atoms with van der Waals surface area (Å²) in [5, 5.41) is 2.98. The molecule has 0 bridgehead atoms. The number of rotatable bonds is 5. The Kier molecular flexibility index (Phi) is 6.02. The minimum Gasteiger partial charge on any atom is -0.352 e. The van der Waals surface area contributed by atoms with Crippen molar-refractivity contribution in [2.45, 2.75) is 56.5 Å². The van der Waals surface area contributed by atoms with Crippen molar-refractivity contribution in [3.05, 3.63) is 29.8 Å². The first-order chi connectivity index (χ1) is 13.3. The molecule has 0 aromatic heterocycles. The number of fused-ring (bicyclic) bond motifs is 1. The van der Waals surface area contributed by atoms with Crippen LogP contribution in [-0.4, -0.2) is 56.1 Å². The van der Waals surface area contributed by atoms with Gasteiger partial charge in [-0.05, 0) is 38.3 Å². The number of carbonyl (C=O) groups excluding carboxylic acids is 2. The van der Waals surface area contributed by atoms with Crippen LogP contribution in [0.1, 0.15) is 45.1 Å². The lowest BCUT2D eigenvalue weighted by Crippen LogP contribution is -2.51. The topological polar surface area (TPSA) is 108 Å². The number of benzene rings is 1.